The van der Waals surface area contributed by atoms with Crippen LogP contribution in [0.25, 0.3) is 28.1 Å². The number of nitrogens with one attached hydrogen (secondary N) is 1. The van der Waals surface area contributed by atoms with Gasteiger partial charge in [0.2, 0.25) is 0 Å². The van der Waals surface area contributed by atoms with E-state index in [1.54, 1.807) is 44.3 Å². The lowest BCUT2D eigenvalue weighted by atomic mass is 10.1. The number of aromatic amines is 1. The maximum atomic E-state index is 12.5. The molecule has 2 aromatic carbocycles. The minimum atomic E-state index is -3.33. The predicted octanol–water partition coefficient (Wildman–Crippen LogP) is 4.58. The molecule has 196 valence electrons. The Bertz CT molecular complexity index is 1640. The van der Waals surface area contributed by atoms with Gasteiger partial charge in [-0.1, -0.05) is 24.8 Å². The maximum absolute atomic E-state index is 12.5. The number of hydrogen-bond acceptors (Lipinski definition) is 7. The molecule has 0 unspecified atom stereocenters. The van der Waals surface area contributed by atoms with Crippen LogP contribution in [0.5, 0.6) is 0 Å². The topological polar surface area (TPSA) is 108 Å². The maximum Gasteiger partial charge on any atom is 0.180 e. The van der Waals surface area contributed by atoms with E-state index in [0.717, 1.165) is 54.1 Å². The quantitative estimate of drug-likeness (QED) is 0.377. The van der Waals surface area contributed by atoms with Crippen LogP contribution in [0.4, 0.5) is 11.4 Å². The minimum absolute atomic E-state index is 0.311. The number of sulfone groups is 1. The van der Waals surface area contributed by atoms with Crippen molar-refractivity contribution >= 4 is 38.1 Å². The Kier molecular flexibility index (Phi) is 6.00. The molecule has 4 aromatic rings. The number of hydrogen-bond donors (Lipinski definition) is 2. The summed E-state index contributed by atoms with van der Waals surface area (Å²) in [5.74, 6) is 0.560. The highest BCUT2D eigenvalue weighted by atomic mass is 32.2. The molecule has 3 N–H and O–H groups in total. The summed E-state index contributed by atoms with van der Waals surface area (Å²) in [7, 11) is -3.33. The number of H-pyrrole nitrogens is 1. The molecule has 0 amide bonds. The van der Waals surface area contributed by atoms with Crippen LogP contribution >= 0.6 is 0 Å². The van der Waals surface area contributed by atoms with E-state index >= 15 is 0 Å². The first-order valence-corrected chi connectivity index (χ1v) is 14.5. The van der Waals surface area contributed by atoms with Gasteiger partial charge in [-0.3, -0.25) is 0 Å². The van der Waals surface area contributed by atoms with Gasteiger partial charge in [0.05, 0.1) is 27.7 Å². The molecule has 4 heterocycles. The zero-order valence-electron chi connectivity index (χ0n) is 21.7. The van der Waals surface area contributed by atoms with Crippen molar-refractivity contribution in [2.45, 2.75) is 37.0 Å². The van der Waals surface area contributed by atoms with Crippen molar-refractivity contribution in [2.24, 2.45) is 11.7 Å². The molecule has 0 aliphatic carbocycles. The molecule has 2 aliphatic rings. The molecule has 1 fully saturated rings. The Morgan fingerprint density at radius 1 is 1.18 bits per heavy atom. The Labute approximate surface area is 223 Å². The van der Waals surface area contributed by atoms with Gasteiger partial charge in [-0.2, -0.15) is 0 Å². The largest absolute Gasteiger partial charge is 0.371 e. The first-order chi connectivity index (χ1) is 18.3. The second kappa shape index (κ2) is 9.25. The average molecular weight is 529 g/mol. The number of nitrogens with two attached hydrogens (primary N) is 1. The molecule has 38 heavy (non-hydrogen) atoms. The number of aromatic nitrogens is 3. The number of anilines is 2. The van der Waals surface area contributed by atoms with Gasteiger partial charge in [0.25, 0.3) is 0 Å². The van der Waals surface area contributed by atoms with E-state index in [1.807, 2.05) is 6.20 Å². The van der Waals surface area contributed by atoms with Gasteiger partial charge in [-0.15, -0.1) is 0 Å². The molecule has 8 nitrogen and oxygen atoms in total. The van der Waals surface area contributed by atoms with Crippen LogP contribution in [0.1, 0.15) is 31.4 Å². The highest BCUT2D eigenvalue weighted by Crippen LogP contribution is 2.40. The van der Waals surface area contributed by atoms with E-state index in [-0.39, 0.29) is 0 Å². The van der Waals surface area contributed by atoms with Gasteiger partial charge in [0.1, 0.15) is 5.52 Å². The van der Waals surface area contributed by atoms with Crippen molar-refractivity contribution < 1.29 is 8.42 Å². The number of benzene rings is 2. The second-order valence-corrected chi connectivity index (χ2v) is 13.0. The van der Waals surface area contributed by atoms with Crippen molar-refractivity contribution in [3.8, 4) is 11.3 Å². The van der Waals surface area contributed by atoms with Crippen molar-refractivity contribution in [3.05, 3.63) is 72.6 Å². The number of fused-ring (bicyclic) bond motifs is 2. The second-order valence-electron chi connectivity index (χ2n) is 10.5. The summed E-state index contributed by atoms with van der Waals surface area (Å²) >= 11 is 0. The minimum Gasteiger partial charge on any atom is -0.371 e. The Balaban J connectivity index is 1.29. The average Bonchev–Trinajstić information content (AvgIpc) is 3.65. The van der Waals surface area contributed by atoms with Crippen molar-refractivity contribution in [2.75, 3.05) is 29.4 Å². The third kappa shape index (κ3) is 4.06. The van der Waals surface area contributed by atoms with E-state index in [9.17, 15) is 8.42 Å². The van der Waals surface area contributed by atoms with Gasteiger partial charge < -0.3 is 20.5 Å². The first-order valence-electron chi connectivity index (χ1n) is 13.0. The molecule has 2 aromatic heterocycles. The standard InChI is InChI=1S/C29H32N6O2S/c1-18(2)38(36,37)24-7-4-21(5-8-24)26-14-31-29-28(33-26)27(15-32-29)35-17-22-12-23(6-9-25(22)19(35)3)34-11-10-20(13-30)16-34/h4-9,12,14-15,18,20H,3,10-11,13,16-17,30H2,1-2H3,(H,31,32)/t20-/m1/s1. The van der Waals surface area contributed by atoms with Gasteiger partial charge in [-0.25, -0.2) is 18.4 Å². The fourth-order valence-electron chi connectivity index (χ4n) is 5.40. The third-order valence-electron chi connectivity index (χ3n) is 7.79. The van der Waals surface area contributed by atoms with Crippen molar-refractivity contribution in [3.63, 3.8) is 0 Å². The zero-order chi connectivity index (χ0) is 26.6. The Hall–Kier alpha value is -3.69. The van der Waals surface area contributed by atoms with Gasteiger partial charge in [-0.05, 0) is 62.6 Å². The number of nitrogens with zero attached hydrogens (tertiary/aromatic N) is 4. The van der Waals surface area contributed by atoms with Gasteiger partial charge in [0, 0.05) is 48.3 Å². The van der Waals surface area contributed by atoms with E-state index < -0.39 is 15.1 Å². The summed E-state index contributed by atoms with van der Waals surface area (Å²) in [5.41, 5.74) is 14.3. The molecule has 9 heteroatoms. The monoisotopic (exact) mass is 528 g/mol. The molecule has 0 bridgehead atoms. The van der Waals surface area contributed by atoms with Crippen LogP contribution in [0.15, 0.2) is 66.3 Å². The highest BCUT2D eigenvalue weighted by Gasteiger charge is 2.28. The van der Waals surface area contributed by atoms with Crippen LogP contribution in [-0.4, -0.2) is 48.3 Å². The molecule has 1 saturated heterocycles. The predicted molar refractivity (Wildman–Crippen MR) is 153 cm³/mol. The Morgan fingerprint density at radius 2 is 1.97 bits per heavy atom. The lowest BCUT2D eigenvalue weighted by molar-refractivity contribution is 0.587. The molecule has 0 radical (unpaired) electrons. The van der Waals surface area contributed by atoms with E-state index in [1.165, 1.54) is 11.3 Å². The summed E-state index contributed by atoms with van der Waals surface area (Å²) in [6.07, 6.45) is 4.77. The summed E-state index contributed by atoms with van der Waals surface area (Å²) in [6.45, 7) is 11.2. The van der Waals surface area contributed by atoms with Crippen LogP contribution in [-0.2, 0) is 16.4 Å². The van der Waals surface area contributed by atoms with Crippen LogP contribution in [0, 0.1) is 5.92 Å². The molecule has 0 spiro atoms. The SMILES string of the molecule is C=C1c2ccc(N3CC[C@H](CN)C3)cc2CN1c1c[nH]c2ncc(-c3ccc(S(=O)(=O)C(C)C)cc3)nc12. The summed E-state index contributed by atoms with van der Waals surface area (Å²) < 4.78 is 25.0. The summed E-state index contributed by atoms with van der Waals surface area (Å²) in [6, 6.07) is 13.5. The normalized spacial score (nSPS) is 17.7. The summed E-state index contributed by atoms with van der Waals surface area (Å²) in [5, 5.41) is -0.473. The molecular weight excluding hydrogens is 496 g/mol. The molecular formula is C29H32N6O2S. The van der Waals surface area contributed by atoms with Gasteiger partial charge >= 0.3 is 0 Å². The number of rotatable bonds is 6. The van der Waals surface area contributed by atoms with Crippen molar-refractivity contribution in [1.82, 2.24) is 15.0 Å². The van der Waals surface area contributed by atoms with Crippen LogP contribution in [0.2, 0.25) is 0 Å². The molecule has 1 atom stereocenters. The molecule has 0 saturated carbocycles. The van der Waals surface area contributed by atoms with E-state index in [2.05, 4.69) is 44.5 Å². The van der Waals surface area contributed by atoms with Crippen molar-refractivity contribution in [1.29, 1.82) is 0 Å². The van der Waals surface area contributed by atoms with Gasteiger partial charge in [0.15, 0.2) is 15.5 Å². The third-order valence-corrected chi connectivity index (χ3v) is 9.96. The molecule has 6 rings (SSSR count). The fourth-order valence-corrected chi connectivity index (χ4v) is 6.46. The fraction of sp³-hybridized carbons (Fsp3) is 0.310. The smallest absolute Gasteiger partial charge is 0.180 e. The molecule has 2 aliphatic heterocycles. The van der Waals surface area contributed by atoms with Crippen LogP contribution in [0.3, 0.4) is 0 Å². The highest BCUT2D eigenvalue weighted by molar-refractivity contribution is 7.92. The van der Waals surface area contributed by atoms with E-state index in [0.29, 0.717) is 28.7 Å². The van der Waals surface area contributed by atoms with E-state index in [4.69, 9.17) is 10.7 Å². The first kappa shape index (κ1) is 24.6. The lowest BCUT2D eigenvalue weighted by Gasteiger charge is -2.19. The Morgan fingerprint density at radius 3 is 2.68 bits per heavy atom. The lowest BCUT2D eigenvalue weighted by Crippen LogP contribution is -2.22. The summed E-state index contributed by atoms with van der Waals surface area (Å²) in [4.78, 5) is 17.7. The zero-order valence-corrected chi connectivity index (χ0v) is 22.5. The van der Waals surface area contributed by atoms with Crippen LogP contribution < -0.4 is 15.5 Å².